The van der Waals surface area contributed by atoms with Gasteiger partial charge in [-0.2, -0.15) is 0 Å². The second kappa shape index (κ2) is 7.80. The third-order valence-corrected chi connectivity index (χ3v) is 6.06. The molecule has 5 nitrogen and oxygen atoms in total. The van der Waals surface area contributed by atoms with Crippen LogP contribution in [0.1, 0.15) is 24.1 Å². The summed E-state index contributed by atoms with van der Waals surface area (Å²) in [5.74, 6) is -0.165. The number of halogens is 2. The summed E-state index contributed by atoms with van der Waals surface area (Å²) in [6, 6.07) is 12.1. The molecule has 0 amide bonds. The van der Waals surface area contributed by atoms with Crippen molar-refractivity contribution in [1.29, 1.82) is 0 Å². The van der Waals surface area contributed by atoms with E-state index in [1.165, 1.54) is 0 Å². The lowest BCUT2D eigenvalue weighted by Crippen LogP contribution is -2.28. The molecule has 0 aliphatic rings. The largest absolute Gasteiger partial charge is 0.306 e. The van der Waals surface area contributed by atoms with Gasteiger partial charge in [0.05, 0.1) is 22.1 Å². The van der Waals surface area contributed by atoms with Gasteiger partial charge in [-0.05, 0) is 42.3 Å². The lowest BCUT2D eigenvalue weighted by Gasteiger charge is -2.15. The summed E-state index contributed by atoms with van der Waals surface area (Å²) >= 11 is 11.8. The molecule has 26 heavy (non-hydrogen) atoms. The molecular formula is C18H17Cl2N3O2S. The van der Waals surface area contributed by atoms with E-state index in [1.807, 2.05) is 35.0 Å². The zero-order valence-corrected chi connectivity index (χ0v) is 16.3. The van der Waals surface area contributed by atoms with Crippen molar-refractivity contribution < 1.29 is 8.42 Å². The van der Waals surface area contributed by atoms with Crippen molar-refractivity contribution in [2.45, 2.75) is 18.7 Å². The van der Waals surface area contributed by atoms with Crippen molar-refractivity contribution in [2.24, 2.45) is 0 Å². The van der Waals surface area contributed by atoms with Crippen molar-refractivity contribution in [1.82, 2.24) is 14.3 Å². The Morgan fingerprint density at radius 1 is 1.12 bits per heavy atom. The minimum absolute atomic E-state index is 0.165. The number of nitrogens with zero attached hydrogens (tertiary/aromatic N) is 2. The Balaban J connectivity index is 1.69. The molecule has 0 fully saturated rings. The number of hydrogen-bond acceptors (Lipinski definition) is 3. The molecule has 1 heterocycles. The van der Waals surface area contributed by atoms with Gasteiger partial charge in [0.2, 0.25) is 10.0 Å². The van der Waals surface area contributed by atoms with E-state index < -0.39 is 10.0 Å². The molecule has 1 aromatic heterocycles. The highest BCUT2D eigenvalue weighted by atomic mass is 35.5. The number of rotatable bonds is 6. The first-order chi connectivity index (χ1) is 12.3. The maximum absolute atomic E-state index is 12.4. The topological polar surface area (TPSA) is 64.0 Å². The van der Waals surface area contributed by atoms with Crippen molar-refractivity contribution in [3.63, 3.8) is 0 Å². The zero-order valence-electron chi connectivity index (χ0n) is 13.9. The lowest BCUT2D eigenvalue weighted by molar-refractivity contribution is 0.566. The van der Waals surface area contributed by atoms with Crippen LogP contribution in [-0.2, 0) is 15.8 Å². The molecule has 3 aromatic rings. The molecule has 0 spiro atoms. The SMILES string of the molecule is CC(NS(=O)(=O)Cc1ccc(Cl)c(Cl)c1)c1ccc(-n2ccnc2)cc1. The first kappa shape index (κ1) is 18.9. The third kappa shape index (κ3) is 4.65. The minimum atomic E-state index is -3.53. The van der Waals surface area contributed by atoms with E-state index in [1.54, 1.807) is 37.6 Å². The normalized spacial score (nSPS) is 12.9. The Morgan fingerprint density at radius 2 is 1.85 bits per heavy atom. The van der Waals surface area contributed by atoms with Crippen molar-refractivity contribution >= 4 is 33.2 Å². The molecule has 3 rings (SSSR count). The number of sulfonamides is 1. The summed E-state index contributed by atoms with van der Waals surface area (Å²) in [5, 5.41) is 0.731. The highest BCUT2D eigenvalue weighted by molar-refractivity contribution is 7.88. The minimum Gasteiger partial charge on any atom is -0.306 e. The van der Waals surface area contributed by atoms with Crippen molar-refractivity contribution in [3.05, 3.63) is 82.4 Å². The van der Waals surface area contributed by atoms with E-state index in [9.17, 15) is 8.42 Å². The van der Waals surface area contributed by atoms with Gasteiger partial charge in [-0.1, -0.05) is 41.4 Å². The molecule has 0 radical (unpaired) electrons. The van der Waals surface area contributed by atoms with Crippen LogP contribution in [0.3, 0.4) is 0 Å². The molecule has 2 aromatic carbocycles. The second-order valence-electron chi connectivity index (χ2n) is 5.91. The van der Waals surface area contributed by atoms with Crippen LogP contribution in [0.25, 0.3) is 5.69 Å². The summed E-state index contributed by atoms with van der Waals surface area (Å²) in [7, 11) is -3.53. The predicted molar refractivity (Wildman–Crippen MR) is 104 cm³/mol. The highest BCUT2D eigenvalue weighted by Gasteiger charge is 2.17. The molecule has 136 valence electrons. The van der Waals surface area contributed by atoms with Gasteiger partial charge >= 0.3 is 0 Å². The van der Waals surface area contributed by atoms with Crippen LogP contribution in [0.15, 0.2) is 61.2 Å². The first-order valence-electron chi connectivity index (χ1n) is 7.86. The average Bonchev–Trinajstić information content (AvgIpc) is 3.12. The van der Waals surface area contributed by atoms with E-state index in [2.05, 4.69) is 9.71 Å². The van der Waals surface area contributed by atoms with Crippen LogP contribution in [0.2, 0.25) is 10.0 Å². The Hall–Kier alpha value is -1.86. The van der Waals surface area contributed by atoms with E-state index >= 15 is 0 Å². The Bertz CT molecular complexity index is 988. The maximum atomic E-state index is 12.4. The number of imidazole rings is 1. The summed E-state index contributed by atoms with van der Waals surface area (Å²) in [6.07, 6.45) is 5.25. The number of nitrogens with one attached hydrogen (secondary N) is 1. The predicted octanol–water partition coefficient (Wildman–Crippen LogP) is 4.36. The van der Waals surface area contributed by atoms with E-state index in [0.29, 0.717) is 15.6 Å². The van der Waals surface area contributed by atoms with Crippen LogP contribution in [0.5, 0.6) is 0 Å². The molecule has 8 heteroatoms. The van der Waals surface area contributed by atoms with Gasteiger partial charge in [-0.25, -0.2) is 18.1 Å². The van der Waals surface area contributed by atoms with Gasteiger partial charge in [0, 0.05) is 24.1 Å². The van der Waals surface area contributed by atoms with Crippen LogP contribution in [0, 0.1) is 0 Å². The van der Waals surface area contributed by atoms with E-state index in [0.717, 1.165) is 11.3 Å². The van der Waals surface area contributed by atoms with Crippen LogP contribution in [-0.4, -0.2) is 18.0 Å². The third-order valence-electron chi connectivity index (χ3n) is 3.89. The van der Waals surface area contributed by atoms with Crippen LogP contribution < -0.4 is 4.72 Å². The zero-order chi connectivity index (χ0) is 18.7. The molecule has 0 saturated carbocycles. The van der Waals surface area contributed by atoms with E-state index in [4.69, 9.17) is 23.2 Å². The van der Waals surface area contributed by atoms with Crippen molar-refractivity contribution in [2.75, 3.05) is 0 Å². The quantitative estimate of drug-likeness (QED) is 0.657. The number of benzene rings is 2. The fourth-order valence-corrected chi connectivity index (χ4v) is 4.27. The molecular weight excluding hydrogens is 393 g/mol. The molecule has 0 aliphatic carbocycles. The average molecular weight is 410 g/mol. The van der Waals surface area contributed by atoms with Gasteiger partial charge in [0.1, 0.15) is 0 Å². The van der Waals surface area contributed by atoms with Crippen LogP contribution in [0.4, 0.5) is 0 Å². The fourth-order valence-electron chi connectivity index (χ4n) is 2.57. The van der Waals surface area contributed by atoms with Crippen LogP contribution >= 0.6 is 23.2 Å². The molecule has 0 aliphatic heterocycles. The Labute approximate surface area is 162 Å². The van der Waals surface area contributed by atoms with E-state index in [-0.39, 0.29) is 11.8 Å². The molecule has 0 bridgehead atoms. The van der Waals surface area contributed by atoms with Gasteiger partial charge in [-0.15, -0.1) is 0 Å². The molecule has 1 unspecified atom stereocenters. The van der Waals surface area contributed by atoms with Gasteiger partial charge in [-0.3, -0.25) is 0 Å². The summed E-state index contributed by atoms with van der Waals surface area (Å²) < 4.78 is 29.4. The standard InChI is InChI=1S/C18H17Cl2N3O2S/c1-13(15-3-5-16(6-4-15)23-9-8-21-12-23)22-26(24,25)11-14-2-7-17(19)18(20)10-14/h2-10,12-13,22H,11H2,1H3. The Kier molecular flexibility index (Phi) is 5.67. The summed E-state index contributed by atoms with van der Waals surface area (Å²) in [6.45, 7) is 1.80. The smallest absolute Gasteiger partial charge is 0.216 e. The fraction of sp³-hybridized carbons (Fsp3) is 0.167. The first-order valence-corrected chi connectivity index (χ1v) is 10.3. The Morgan fingerprint density at radius 3 is 2.46 bits per heavy atom. The maximum Gasteiger partial charge on any atom is 0.216 e. The monoisotopic (exact) mass is 409 g/mol. The summed E-state index contributed by atoms with van der Waals surface area (Å²) in [5.41, 5.74) is 2.40. The van der Waals surface area contributed by atoms with Crippen molar-refractivity contribution in [3.8, 4) is 5.69 Å². The molecule has 0 saturated heterocycles. The van der Waals surface area contributed by atoms with Gasteiger partial charge in [0.15, 0.2) is 0 Å². The summed E-state index contributed by atoms with van der Waals surface area (Å²) in [4.78, 5) is 4.01. The van der Waals surface area contributed by atoms with Gasteiger partial charge in [0.25, 0.3) is 0 Å². The second-order valence-corrected chi connectivity index (χ2v) is 8.48. The highest BCUT2D eigenvalue weighted by Crippen LogP contribution is 2.24. The molecule has 1 atom stereocenters. The number of aromatic nitrogens is 2. The lowest BCUT2D eigenvalue weighted by atomic mass is 10.1. The van der Waals surface area contributed by atoms with Gasteiger partial charge < -0.3 is 4.57 Å². The number of hydrogen-bond donors (Lipinski definition) is 1. The molecule has 1 N–H and O–H groups in total.